The predicted molar refractivity (Wildman–Crippen MR) is 127 cm³/mol. The number of hydrogen-bond donors (Lipinski definition) is 2. The van der Waals surface area contributed by atoms with Gasteiger partial charge in [0.05, 0.1) is 28.8 Å². The highest BCUT2D eigenvalue weighted by molar-refractivity contribution is 7.92. The Hall–Kier alpha value is -4.14. The minimum absolute atomic E-state index is 0.0167. The third kappa shape index (κ3) is 5.03. The zero-order valence-electron chi connectivity index (χ0n) is 18.9. The molecule has 0 aliphatic rings. The molecule has 0 fully saturated rings. The Morgan fingerprint density at radius 3 is 2.60 bits per heavy atom. The lowest BCUT2D eigenvalue weighted by Gasteiger charge is -2.15. The van der Waals surface area contributed by atoms with Crippen LogP contribution in [0.25, 0.3) is 16.6 Å². The number of nitrogens with one attached hydrogen (secondary N) is 1. The van der Waals surface area contributed by atoms with Crippen LogP contribution in [0, 0.1) is 17.7 Å². The molecule has 11 heteroatoms. The quantitative estimate of drug-likeness (QED) is 0.406. The monoisotopic (exact) mass is 497 g/mol. The minimum Gasteiger partial charge on any atom is -0.495 e. The van der Waals surface area contributed by atoms with E-state index >= 15 is 0 Å². The predicted octanol–water partition coefficient (Wildman–Crippen LogP) is 3.05. The van der Waals surface area contributed by atoms with Crippen LogP contribution in [0.15, 0.2) is 69.0 Å². The molecule has 0 unspecified atom stereocenters. The SMILES string of the molecule is COc1cc(C#CC(C)(C)O)c(F)cc1-n1c(=O)ccc2cc(S(=O)(=O)Nc3ccon3)ccc21. The average molecular weight is 498 g/mol. The second-order valence-electron chi connectivity index (χ2n) is 8.03. The highest BCUT2D eigenvalue weighted by atomic mass is 32.2. The maximum absolute atomic E-state index is 14.9. The van der Waals surface area contributed by atoms with Crippen molar-refractivity contribution in [3.63, 3.8) is 0 Å². The van der Waals surface area contributed by atoms with Crippen molar-refractivity contribution in [3.8, 4) is 23.3 Å². The summed E-state index contributed by atoms with van der Waals surface area (Å²) in [5.74, 6) is 4.56. The summed E-state index contributed by atoms with van der Waals surface area (Å²) in [5, 5.41) is 13.7. The number of hydrogen-bond acceptors (Lipinski definition) is 7. The summed E-state index contributed by atoms with van der Waals surface area (Å²) in [6, 6.07) is 10.6. The largest absolute Gasteiger partial charge is 0.495 e. The van der Waals surface area contributed by atoms with Crippen LogP contribution in [-0.4, -0.2) is 36.0 Å². The van der Waals surface area contributed by atoms with Crippen LogP contribution in [0.1, 0.15) is 19.4 Å². The van der Waals surface area contributed by atoms with Crippen LogP contribution < -0.4 is 15.0 Å². The van der Waals surface area contributed by atoms with Crippen LogP contribution in [0.4, 0.5) is 10.2 Å². The van der Waals surface area contributed by atoms with Crippen molar-refractivity contribution in [2.24, 2.45) is 0 Å². The van der Waals surface area contributed by atoms with Crippen molar-refractivity contribution in [2.45, 2.75) is 24.3 Å². The van der Waals surface area contributed by atoms with Crippen molar-refractivity contribution in [2.75, 3.05) is 11.8 Å². The van der Waals surface area contributed by atoms with Crippen molar-refractivity contribution in [1.29, 1.82) is 0 Å². The van der Waals surface area contributed by atoms with E-state index in [0.717, 1.165) is 6.07 Å². The molecule has 9 nitrogen and oxygen atoms in total. The van der Waals surface area contributed by atoms with Crippen LogP contribution in [0.2, 0.25) is 0 Å². The first-order valence-electron chi connectivity index (χ1n) is 10.2. The van der Waals surface area contributed by atoms with Crippen LogP contribution >= 0.6 is 0 Å². The summed E-state index contributed by atoms with van der Waals surface area (Å²) in [5.41, 5.74) is -1.40. The fourth-order valence-corrected chi connectivity index (χ4v) is 4.33. The van der Waals surface area contributed by atoms with Crippen molar-refractivity contribution >= 4 is 26.7 Å². The molecule has 0 atom stereocenters. The Kier molecular flexibility index (Phi) is 6.10. The number of aliphatic hydroxyl groups is 1. The van der Waals surface area contributed by atoms with Gasteiger partial charge in [-0.05, 0) is 38.1 Å². The highest BCUT2D eigenvalue weighted by Crippen LogP contribution is 2.29. The van der Waals surface area contributed by atoms with Gasteiger partial charge in [-0.3, -0.25) is 14.1 Å². The van der Waals surface area contributed by atoms with Gasteiger partial charge in [0.1, 0.15) is 23.4 Å². The summed E-state index contributed by atoms with van der Waals surface area (Å²) in [7, 11) is -2.62. The van der Waals surface area contributed by atoms with Gasteiger partial charge in [0.25, 0.3) is 15.6 Å². The van der Waals surface area contributed by atoms with Crippen molar-refractivity contribution < 1.29 is 27.2 Å². The van der Waals surface area contributed by atoms with Gasteiger partial charge in [-0.15, -0.1) is 0 Å². The van der Waals surface area contributed by atoms with Gasteiger partial charge >= 0.3 is 0 Å². The highest BCUT2D eigenvalue weighted by Gasteiger charge is 2.19. The second kappa shape index (κ2) is 8.90. The summed E-state index contributed by atoms with van der Waals surface area (Å²) in [4.78, 5) is 12.7. The van der Waals surface area contributed by atoms with Crippen LogP contribution in [0.3, 0.4) is 0 Å². The molecule has 35 heavy (non-hydrogen) atoms. The first kappa shape index (κ1) is 24.0. The number of methoxy groups -OCH3 is 1. The number of benzene rings is 2. The molecule has 0 aliphatic heterocycles. The molecule has 4 rings (SSSR count). The fourth-order valence-electron chi connectivity index (χ4n) is 3.30. The maximum atomic E-state index is 14.9. The number of nitrogens with zero attached hydrogens (tertiary/aromatic N) is 2. The molecule has 0 spiro atoms. The number of fused-ring (bicyclic) bond motifs is 1. The van der Waals surface area contributed by atoms with Crippen molar-refractivity contribution in [3.05, 3.63) is 76.5 Å². The Morgan fingerprint density at radius 1 is 1.17 bits per heavy atom. The van der Waals surface area contributed by atoms with E-state index < -0.39 is 27.0 Å². The zero-order valence-corrected chi connectivity index (χ0v) is 19.7. The molecule has 4 aromatic rings. The molecule has 2 heterocycles. The molecule has 2 aromatic carbocycles. The van der Waals surface area contributed by atoms with Gasteiger partial charge in [0.15, 0.2) is 5.82 Å². The summed E-state index contributed by atoms with van der Waals surface area (Å²) in [6.07, 6.45) is 1.23. The molecule has 0 saturated carbocycles. The minimum atomic E-state index is -3.99. The maximum Gasteiger partial charge on any atom is 0.263 e. The zero-order chi connectivity index (χ0) is 25.4. The third-order valence-electron chi connectivity index (χ3n) is 4.87. The number of halogens is 1. The van der Waals surface area contributed by atoms with E-state index in [-0.39, 0.29) is 27.7 Å². The number of aromatic nitrogens is 2. The smallest absolute Gasteiger partial charge is 0.263 e. The van der Waals surface area contributed by atoms with E-state index in [1.165, 1.54) is 74.3 Å². The molecule has 2 N–H and O–H groups in total. The van der Waals surface area contributed by atoms with E-state index in [1.807, 2.05) is 0 Å². The number of sulfonamides is 1. The second-order valence-corrected chi connectivity index (χ2v) is 9.71. The standard InChI is InChI=1S/C24H20FN3O6S/c1-24(2,30)10-8-15-13-21(33-3)20(14-18(15)25)28-19-6-5-17(12-16(19)4-7-23(28)29)35(31,32)27-22-9-11-34-26-22/h4-7,9,11-14,30H,1-3H3,(H,26,27). The Balaban J connectivity index is 1.85. The van der Waals surface area contributed by atoms with Gasteiger partial charge in [0.2, 0.25) is 0 Å². The average Bonchev–Trinajstić information content (AvgIpc) is 3.29. The Bertz CT molecular complexity index is 1640. The molecule has 2 aromatic heterocycles. The van der Waals surface area contributed by atoms with Crippen LogP contribution in [0.5, 0.6) is 5.75 Å². The van der Waals surface area contributed by atoms with Gasteiger partial charge in [0, 0.05) is 29.7 Å². The lowest BCUT2D eigenvalue weighted by molar-refractivity contribution is 0.143. The fraction of sp³-hybridized carbons (Fsp3) is 0.167. The molecule has 180 valence electrons. The van der Waals surface area contributed by atoms with Gasteiger partial charge < -0.3 is 14.4 Å². The molecule has 0 radical (unpaired) electrons. The summed E-state index contributed by atoms with van der Waals surface area (Å²) >= 11 is 0. The number of ether oxygens (including phenoxy) is 1. The third-order valence-corrected chi connectivity index (χ3v) is 6.22. The van der Waals surface area contributed by atoms with E-state index in [0.29, 0.717) is 10.9 Å². The molecule has 0 bridgehead atoms. The molecule has 0 saturated heterocycles. The number of pyridine rings is 1. The summed E-state index contributed by atoms with van der Waals surface area (Å²) < 4.78 is 53.9. The Labute approximate surface area is 199 Å². The van der Waals surface area contributed by atoms with E-state index in [9.17, 15) is 22.7 Å². The van der Waals surface area contributed by atoms with E-state index in [1.54, 1.807) is 0 Å². The molecule has 0 aliphatic carbocycles. The van der Waals surface area contributed by atoms with Gasteiger partial charge in [-0.2, -0.15) is 0 Å². The first-order chi connectivity index (χ1) is 16.5. The topological polar surface area (TPSA) is 124 Å². The number of anilines is 1. The lowest BCUT2D eigenvalue weighted by atomic mass is 10.1. The Morgan fingerprint density at radius 2 is 1.94 bits per heavy atom. The van der Waals surface area contributed by atoms with E-state index in [2.05, 4.69) is 26.2 Å². The molecule has 0 amide bonds. The van der Waals surface area contributed by atoms with Crippen LogP contribution in [-0.2, 0) is 10.0 Å². The van der Waals surface area contributed by atoms with Crippen molar-refractivity contribution in [1.82, 2.24) is 9.72 Å². The normalized spacial score (nSPS) is 11.7. The first-order valence-corrected chi connectivity index (χ1v) is 11.7. The van der Waals surface area contributed by atoms with Gasteiger partial charge in [-0.1, -0.05) is 17.0 Å². The lowest BCUT2D eigenvalue weighted by Crippen LogP contribution is -2.19. The van der Waals surface area contributed by atoms with E-state index in [4.69, 9.17) is 4.74 Å². The molecular weight excluding hydrogens is 477 g/mol. The molecular formula is C24H20FN3O6S. The summed E-state index contributed by atoms with van der Waals surface area (Å²) in [6.45, 7) is 2.93. The number of rotatable bonds is 5. The van der Waals surface area contributed by atoms with Gasteiger partial charge in [-0.25, -0.2) is 12.8 Å².